The molecule has 4 unspecified atom stereocenters. The monoisotopic (exact) mass is 571 g/mol. The summed E-state index contributed by atoms with van der Waals surface area (Å²) in [5.41, 5.74) is 0.363. The number of aliphatic hydroxyl groups is 1. The molecule has 0 bridgehead atoms. The molecule has 7 aliphatic rings. The van der Waals surface area contributed by atoms with E-state index in [1.54, 1.807) is 4.90 Å². The van der Waals surface area contributed by atoms with Crippen molar-refractivity contribution in [2.45, 2.75) is 130 Å². The van der Waals surface area contributed by atoms with Gasteiger partial charge in [0.05, 0.1) is 23.7 Å². The summed E-state index contributed by atoms with van der Waals surface area (Å²) in [5, 5.41) is 19.7. The van der Waals surface area contributed by atoms with Crippen molar-refractivity contribution in [1.29, 1.82) is 0 Å². The Kier molecular flexibility index (Phi) is 6.15. The maximum absolute atomic E-state index is 13.0. The van der Waals surface area contributed by atoms with Gasteiger partial charge < -0.3 is 24.6 Å². The third-order valence-electron chi connectivity index (χ3n) is 14.7. The minimum Gasteiger partial charge on any atom is -0.481 e. The number of ether oxygens (including phenoxy) is 2. The molecular weight excluding hydrogens is 518 g/mol. The van der Waals surface area contributed by atoms with Gasteiger partial charge in [0.25, 0.3) is 0 Å². The van der Waals surface area contributed by atoms with Crippen LogP contribution in [0.1, 0.15) is 106 Å². The molecule has 7 heteroatoms. The Morgan fingerprint density at radius 3 is 2.34 bits per heavy atom. The molecule has 1 amide bonds. The van der Waals surface area contributed by atoms with Gasteiger partial charge in [-0.2, -0.15) is 0 Å². The summed E-state index contributed by atoms with van der Waals surface area (Å²) < 4.78 is 13.0. The fourth-order valence-corrected chi connectivity index (χ4v) is 13.0. The van der Waals surface area contributed by atoms with Crippen molar-refractivity contribution >= 4 is 12.1 Å². The Hall–Kier alpha value is -1.34. The minimum absolute atomic E-state index is 0.0917. The maximum atomic E-state index is 13.0. The van der Waals surface area contributed by atoms with Gasteiger partial charge in [-0.15, -0.1) is 0 Å². The van der Waals surface area contributed by atoms with Gasteiger partial charge in [0.15, 0.2) is 0 Å². The molecule has 2 saturated heterocycles. The first-order chi connectivity index (χ1) is 19.1. The molecule has 7 fully saturated rings. The topological polar surface area (TPSA) is 96.3 Å². The number of carbonyl (C=O) groups is 2. The summed E-state index contributed by atoms with van der Waals surface area (Å²) in [6.07, 6.45) is 11.5. The van der Waals surface area contributed by atoms with Crippen molar-refractivity contribution < 1.29 is 29.3 Å². The fraction of sp³-hybridized carbons (Fsp3) is 0.941. The molecule has 0 aromatic rings. The van der Waals surface area contributed by atoms with Gasteiger partial charge in [0.2, 0.25) is 0 Å². The highest BCUT2D eigenvalue weighted by Gasteiger charge is 2.84. The number of amides is 1. The lowest BCUT2D eigenvalue weighted by atomic mass is 9.46. The summed E-state index contributed by atoms with van der Waals surface area (Å²) in [6, 6.07) is 0. The fourth-order valence-electron chi connectivity index (χ4n) is 13.0. The number of hydrogen-bond donors (Lipinski definition) is 2. The molecule has 7 rings (SSSR count). The third kappa shape index (κ3) is 3.75. The van der Waals surface area contributed by atoms with Gasteiger partial charge in [-0.25, -0.2) is 4.79 Å². The molecule has 11 atom stereocenters. The third-order valence-corrected chi connectivity index (χ3v) is 14.7. The van der Waals surface area contributed by atoms with Crippen LogP contribution < -0.4 is 0 Å². The van der Waals surface area contributed by atoms with Gasteiger partial charge in [0, 0.05) is 24.9 Å². The lowest BCUT2D eigenvalue weighted by molar-refractivity contribution is -0.150. The van der Waals surface area contributed by atoms with Gasteiger partial charge in [-0.1, -0.05) is 27.7 Å². The highest BCUT2D eigenvalue weighted by molar-refractivity contribution is 5.76. The van der Waals surface area contributed by atoms with Crippen molar-refractivity contribution in [3.63, 3.8) is 0 Å². The van der Waals surface area contributed by atoms with E-state index in [1.165, 1.54) is 38.5 Å². The summed E-state index contributed by atoms with van der Waals surface area (Å²) in [6.45, 7) is 14.2. The van der Waals surface area contributed by atoms with Crippen LogP contribution in [0.25, 0.3) is 0 Å². The predicted molar refractivity (Wildman–Crippen MR) is 154 cm³/mol. The lowest BCUT2D eigenvalue weighted by Gasteiger charge is -2.59. The Bertz CT molecular complexity index is 1110. The maximum Gasteiger partial charge on any atom is 0.410 e. The minimum atomic E-state index is -0.829. The van der Waals surface area contributed by atoms with E-state index in [1.807, 2.05) is 13.8 Å². The van der Waals surface area contributed by atoms with E-state index in [0.29, 0.717) is 40.1 Å². The molecule has 41 heavy (non-hydrogen) atoms. The van der Waals surface area contributed by atoms with Crippen LogP contribution in [-0.2, 0) is 14.3 Å². The molecule has 5 aliphatic carbocycles. The van der Waals surface area contributed by atoms with E-state index in [9.17, 15) is 19.8 Å². The van der Waals surface area contributed by atoms with E-state index in [2.05, 4.69) is 27.7 Å². The molecular formula is C34H53NO6. The van der Waals surface area contributed by atoms with Crippen molar-refractivity contribution in [3.8, 4) is 0 Å². The van der Waals surface area contributed by atoms with Gasteiger partial charge in [-0.05, 0) is 117 Å². The predicted octanol–water partition coefficient (Wildman–Crippen LogP) is 6.12. The quantitative estimate of drug-likeness (QED) is 0.422. The molecule has 2 aliphatic heterocycles. The van der Waals surface area contributed by atoms with Gasteiger partial charge in [0.1, 0.15) is 6.10 Å². The molecule has 2 N–H and O–H groups in total. The standard InChI is InChI=1S/C34H53NO6/c1-19-33-14-13-32(6)23-8-7-21(16-30(2,3)39)40-25(23)15-24(32)22(33)9-10-26-31(4,5)27(11-12-34(19,26)33)41-29(38)35-17-20(18-35)28(36)37/h19-27,39H,7-18H2,1-6H3,(H,36,37)/t19-,21+,22-,23?,24?,25+,26?,27-,32+,33-,34?/m0/s1. The summed E-state index contributed by atoms with van der Waals surface area (Å²) in [4.78, 5) is 25.7. The Labute approximate surface area is 246 Å². The average Bonchev–Trinajstić information content (AvgIpc) is 3.21. The lowest BCUT2D eigenvalue weighted by Crippen LogP contribution is -2.57. The Morgan fingerprint density at radius 1 is 0.951 bits per heavy atom. The zero-order valence-corrected chi connectivity index (χ0v) is 26.2. The second-order valence-corrected chi connectivity index (χ2v) is 17.1. The van der Waals surface area contributed by atoms with E-state index in [4.69, 9.17) is 9.47 Å². The molecule has 5 saturated carbocycles. The zero-order valence-electron chi connectivity index (χ0n) is 26.2. The normalized spacial score (nSPS) is 49.9. The van der Waals surface area contributed by atoms with Crippen molar-refractivity contribution in [2.24, 2.45) is 57.2 Å². The smallest absolute Gasteiger partial charge is 0.410 e. The number of likely N-dealkylation sites (tertiary alicyclic amines) is 1. The van der Waals surface area contributed by atoms with Crippen LogP contribution in [0.4, 0.5) is 4.79 Å². The Morgan fingerprint density at radius 2 is 1.66 bits per heavy atom. The molecule has 0 aromatic heterocycles. The zero-order chi connectivity index (χ0) is 29.3. The summed E-state index contributed by atoms with van der Waals surface area (Å²) in [7, 11) is 0. The van der Waals surface area contributed by atoms with Crippen LogP contribution in [0.3, 0.4) is 0 Å². The van der Waals surface area contributed by atoms with Gasteiger partial charge >= 0.3 is 12.1 Å². The Balaban J connectivity index is 1.08. The van der Waals surface area contributed by atoms with Crippen LogP contribution in [0.15, 0.2) is 0 Å². The van der Waals surface area contributed by atoms with E-state index >= 15 is 0 Å². The van der Waals surface area contributed by atoms with Crippen molar-refractivity contribution in [1.82, 2.24) is 4.90 Å². The van der Waals surface area contributed by atoms with Crippen LogP contribution >= 0.6 is 0 Å². The molecule has 7 nitrogen and oxygen atoms in total. The number of aliphatic carboxylic acids is 1. The number of hydrogen-bond acceptors (Lipinski definition) is 5. The molecule has 0 radical (unpaired) electrons. The molecule has 0 aromatic carbocycles. The highest BCUT2D eigenvalue weighted by atomic mass is 16.6. The first kappa shape index (κ1) is 28.4. The van der Waals surface area contributed by atoms with Crippen LogP contribution in [0.5, 0.6) is 0 Å². The highest BCUT2D eigenvalue weighted by Crippen LogP contribution is 2.89. The first-order valence-corrected chi connectivity index (χ1v) is 16.7. The van der Waals surface area contributed by atoms with Crippen molar-refractivity contribution in [3.05, 3.63) is 0 Å². The number of fused-ring (bicyclic) bond motifs is 4. The molecule has 230 valence electrons. The number of nitrogens with zero attached hydrogens (tertiary/aromatic N) is 1. The van der Waals surface area contributed by atoms with Crippen LogP contribution in [0.2, 0.25) is 0 Å². The summed E-state index contributed by atoms with van der Waals surface area (Å²) >= 11 is 0. The average molecular weight is 572 g/mol. The number of carbonyl (C=O) groups excluding carboxylic acids is 1. The first-order valence-electron chi connectivity index (χ1n) is 16.7. The van der Waals surface area contributed by atoms with Crippen LogP contribution in [0, 0.1) is 57.2 Å². The second kappa shape index (κ2) is 8.86. The number of carboxylic acid groups (broad SMARTS) is 1. The van der Waals surface area contributed by atoms with E-state index in [0.717, 1.165) is 37.5 Å². The summed E-state index contributed by atoms with van der Waals surface area (Å²) in [5.74, 6) is 2.12. The molecule has 2 heterocycles. The molecule has 2 spiro atoms. The second-order valence-electron chi connectivity index (χ2n) is 17.1. The number of carboxylic acids is 1. The van der Waals surface area contributed by atoms with Gasteiger partial charge in [-0.3, -0.25) is 4.79 Å². The van der Waals surface area contributed by atoms with Crippen LogP contribution in [-0.4, -0.2) is 64.2 Å². The van der Waals surface area contributed by atoms with E-state index in [-0.39, 0.29) is 36.8 Å². The SMILES string of the molecule is C[C@@H]1C23CC[C@H](OC(=O)N4CC(C(=O)O)C4)C(C)(C)C2CC[C@H]2C4C[C@H]5O[C@@H](CC(C)(C)O)CCC5[C@@]4(C)CC[C@]123. The van der Waals surface area contributed by atoms with Crippen molar-refractivity contribution in [2.75, 3.05) is 13.1 Å². The largest absolute Gasteiger partial charge is 0.481 e. The number of rotatable bonds is 4. The van der Waals surface area contributed by atoms with E-state index < -0.39 is 17.5 Å².